The Morgan fingerprint density at radius 1 is 1.37 bits per heavy atom. The highest BCUT2D eigenvalue weighted by molar-refractivity contribution is 5.78. The minimum Gasteiger partial charge on any atom is -0.481 e. The van der Waals surface area contributed by atoms with Crippen molar-refractivity contribution in [2.24, 2.45) is 0 Å². The van der Waals surface area contributed by atoms with Crippen molar-refractivity contribution < 1.29 is 19.1 Å². The van der Waals surface area contributed by atoms with E-state index in [1.165, 1.54) is 0 Å². The van der Waals surface area contributed by atoms with Gasteiger partial charge in [0.15, 0.2) is 0 Å². The molecular formula is C14H19NO4. The van der Waals surface area contributed by atoms with Crippen molar-refractivity contribution >= 4 is 11.9 Å². The normalized spacial score (nSPS) is 17.3. The summed E-state index contributed by atoms with van der Waals surface area (Å²) < 4.78 is 5.17. The summed E-state index contributed by atoms with van der Waals surface area (Å²) >= 11 is 0. The van der Waals surface area contributed by atoms with Crippen LogP contribution in [0.5, 0.6) is 0 Å². The zero-order chi connectivity index (χ0) is 13.7. The lowest BCUT2D eigenvalue weighted by molar-refractivity contribution is -0.139. The third-order valence-electron chi connectivity index (χ3n) is 3.63. The average Bonchev–Trinajstić information content (AvgIpc) is 2.97. The second-order valence-electron chi connectivity index (χ2n) is 5.19. The van der Waals surface area contributed by atoms with Gasteiger partial charge in [-0.1, -0.05) is 12.8 Å². The molecule has 1 aromatic rings. The fraction of sp³-hybridized carbons (Fsp3) is 0.571. The number of carboxylic acid groups (broad SMARTS) is 1. The van der Waals surface area contributed by atoms with Gasteiger partial charge in [-0.2, -0.15) is 0 Å². The zero-order valence-corrected chi connectivity index (χ0v) is 10.9. The molecule has 5 nitrogen and oxygen atoms in total. The Morgan fingerprint density at radius 3 is 2.68 bits per heavy atom. The van der Waals surface area contributed by atoms with Gasteiger partial charge in [0.25, 0.3) is 0 Å². The molecule has 0 radical (unpaired) electrons. The van der Waals surface area contributed by atoms with Gasteiger partial charge in [-0.3, -0.25) is 9.59 Å². The van der Waals surface area contributed by atoms with Gasteiger partial charge in [0, 0.05) is 12.8 Å². The number of aliphatic carboxylic acids is 1. The van der Waals surface area contributed by atoms with Gasteiger partial charge in [0.1, 0.15) is 5.76 Å². The first-order valence-corrected chi connectivity index (χ1v) is 6.65. The highest BCUT2D eigenvalue weighted by Crippen LogP contribution is 2.32. The lowest BCUT2D eigenvalue weighted by atomic mass is 9.93. The lowest BCUT2D eigenvalue weighted by Crippen LogP contribution is -2.47. The van der Waals surface area contributed by atoms with Crippen molar-refractivity contribution in [2.45, 2.75) is 50.5 Å². The van der Waals surface area contributed by atoms with E-state index in [-0.39, 0.29) is 12.3 Å². The largest absolute Gasteiger partial charge is 0.481 e. The van der Waals surface area contributed by atoms with Gasteiger partial charge in [-0.05, 0) is 25.0 Å². The fourth-order valence-corrected chi connectivity index (χ4v) is 2.74. The van der Waals surface area contributed by atoms with Crippen molar-refractivity contribution in [1.29, 1.82) is 0 Å². The summed E-state index contributed by atoms with van der Waals surface area (Å²) in [6, 6.07) is 3.62. The van der Waals surface area contributed by atoms with Crippen molar-refractivity contribution in [1.82, 2.24) is 5.32 Å². The molecule has 1 aliphatic rings. The van der Waals surface area contributed by atoms with Gasteiger partial charge >= 0.3 is 5.97 Å². The number of aryl methyl sites for hydroxylation is 1. The molecular weight excluding hydrogens is 246 g/mol. The number of nitrogens with one attached hydrogen (secondary N) is 1. The van der Waals surface area contributed by atoms with Gasteiger partial charge in [-0.15, -0.1) is 0 Å². The number of carbonyl (C=O) groups is 2. The molecule has 0 saturated heterocycles. The van der Waals surface area contributed by atoms with Gasteiger partial charge in [0.2, 0.25) is 5.91 Å². The maximum Gasteiger partial charge on any atom is 0.305 e. The maximum atomic E-state index is 11.9. The Morgan fingerprint density at radius 2 is 2.11 bits per heavy atom. The van der Waals surface area contributed by atoms with Gasteiger partial charge in [0.05, 0.1) is 18.2 Å². The standard InChI is InChI=1S/C14H19NO4/c16-12(6-5-11-4-3-9-19-11)15-14(10-13(17)18)7-1-2-8-14/h3-4,9H,1-2,5-8,10H2,(H,15,16)(H,17,18). The number of carbonyl (C=O) groups excluding carboxylic acids is 1. The number of amides is 1. The third kappa shape index (κ3) is 3.84. The van der Waals surface area contributed by atoms with E-state index in [1.54, 1.807) is 12.3 Å². The van der Waals surface area contributed by atoms with Gasteiger partial charge < -0.3 is 14.8 Å². The molecule has 2 rings (SSSR count). The first-order chi connectivity index (χ1) is 9.10. The minimum absolute atomic E-state index is 0.0134. The summed E-state index contributed by atoms with van der Waals surface area (Å²) in [5.41, 5.74) is -0.536. The van der Waals surface area contributed by atoms with Crippen LogP contribution in [-0.2, 0) is 16.0 Å². The van der Waals surface area contributed by atoms with Crippen LogP contribution in [0.15, 0.2) is 22.8 Å². The summed E-state index contributed by atoms with van der Waals surface area (Å²) in [7, 11) is 0. The Labute approximate surface area is 112 Å². The van der Waals surface area contributed by atoms with Crippen LogP contribution in [0.4, 0.5) is 0 Å². The van der Waals surface area contributed by atoms with Crippen LogP contribution < -0.4 is 5.32 Å². The minimum atomic E-state index is -0.853. The van der Waals surface area contributed by atoms with Crippen LogP contribution in [0.2, 0.25) is 0 Å². The Hall–Kier alpha value is -1.78. The molecule has 0 aromatic carbocycles. The second-order valence-corrected chi connectivity index (χ2v) is 5.19. The van der Waals surface area contributed by atoms with E-state index in [2.05, 4.69) is 5.32 Å². The predicted octanol–water partition coefficient (Wildman–Crippen LogP) is 2.12. The average molecular weight is 265 g/mol. The van der Waals surface area contributed by atoms with E-state index in [0.717, 1.165) is 31.4 Å². The van der Waals surface area contributed by atoms with E-state index in [9.17, 15) is 9.59 Å². The molecule has 1 heterocycles. The summed E-state index contributed by atoms with van der Waals surface area (Å²) in [4.78, 5) is 22.9. The monoisotopic (exact) mass is 265 g/mol. The van der Waals surface area contributed by atoms with Crippen LogP contribution in [0.3, 0.4) is 0 Å². The molecule has 5 heteroatoms. The number of rotatable bonds is 6. The predicted molar refractivity (Wildman–Crippen MR) is 68.6 cm³/mol. The molecule has 0 spiro atoms. The van der Waals surface area contributed by atoms with Crippen LogP contribution in [0.1, 0.15) is 44.3 Å². The van der Waals surface area contributed by atoms with Crippen molar-refractivity contribution in [3.05, 3.63) is 24.2 Å². The molecule has 1 saturated carbocycles. The van der Waals surface area contributed by atoms with Crippen LogP contribution in [0.25, 0.3) is 0 Å². The fourth-order valence-electron chi connectivity index (χ4n) is 2.74. The molecule has 1 fully saturated rings. The van der Waals surface area contributed by atoms with Crippen LogP contribution in [0, 0.1) is 0 Å². The third-order valence-corrected chi connectivity index (χ3v) is 3.63. The molecule has 0 unspecified atom stereocenters. The van der Waals surface area contributed by atoms with Gasteiger partial charge in [-0.25, -0.2) is 0 Å². The topological polar surface area (TPSA) is 79.5 Å². The van der Waals surface area contributed by atoms with Crippen molar-refractivity contribution in [3.63, 3.8) is 0 Å². The lowest BCUT2D eigenvalue weighted by Gasteiger charge is -2.28. The highest BCUT2D eigenvalue weighted by Gasteiger charge is 2.37. The van der Waals surface area contributed by atoms with E-state index < -0.39 is 11.5 Å². The summed E-state index contributed by atoms with van der Waals surface area (Å²) in [6.45, 7) is 0. The summed E-state index contributed by atoms with van der Waals surface area (Å²) in [5, 5.41) is 11.9. The molecule has 0 bridgehead atoms. The van der Waals surface area contributed by atoms with Crippen molar-refractivity contribution in [2.75, 3.05) is 0 Å². The maximum absolute atomic E-state index is 11.9. The van der Waals surface area contributed by atoms with E-state index in [0.29, 0.717) is 12.8 Å². The molecule has 1 aliphatic carbocycles. The Bertz CT molecular complexity index is 432. The first kappa shape index (κ1) is 13.6. The number of furan rings is 1. The Balaban J connectivity index is 1.86. The SMILES string of the molecule is O=C(O)CC1(NC(=O)CCc2ccco2)CCCC1. The quantitative estimate of drug-likeness (QED) is 0.825. The van der Waals surface area contributed by atoms with E-state index >= 15 is 0 Å². The number of hydrogen-bond donors (Lipinski definition) is 2. The van der Waals surface area contributed by atoms with Crippen molar-refractivity contribution in [3.8, 4) is 0 Å². The molecule has 1 amide bonds. The number of hydrogen-bond acceptors (Lipinski definition) is 3. The van der Waals surface area contributed by atoms with E-state index in [1.807, 2.05) is 6.07 Å². The molecule has 0 atom stereocenters. The summed E-state index contributed by atoms with van der Waals surface area (Å²) in [6.07, 6.45) is 5.93. The molecule has 1 aromatic heterocycles. The zero-order valence-electron chi connectivity index (χ0n) is 10.9. The molecule has 2 N–H and O–H groups in total. The Kier molecular flexibility index (Phi) is 4.24. The molecule has 19 heavy (non-hydrogen) atoms. The highest BCUT2D eigenvalue weighted by atomic mass is 16.4. The molecule has 104 valence electrons. The second kappa shape index (κ2) is 5.91. The number of carboxylic acids is 1. The first-order valence-electron chi connectivity index (χ1n) is 6.65. The molecule has 0 aliphatic heterocycles. The van der Waals surface area contributed by atoms with Crippen LogP contribution >= 0.6 is 0 Å². The summed E-state index contributed by atoms with van der Waals surface area (Å²) in [5.74, 6) is -0.179. The van der Waals surface area contributed by atoms with E-state index in [4.69, 9.17) is 9.52 Å². The smallest absolute Gasteiger partial charge is 0.305 e. The van der Waals surface area contributed by atoms with Crippen LogP contribution in [-0.4, -0.2) is 22.5 Å².